The molecule has 0 aliphatic carbocycles. The fourth-order valence-corrected chi connectivity index (χ4v) is 1.60. The molecular formula is C13H16FNO4. The van der Waals surface area contributed by atoms with E-state index in [1.54, 1.807) is 6.92 Å². The summed E-state index contributed by atoms with van der Waals surface area (Å²) in [6.07, 6.45) is 0.576. The van der Waals surface area contributed by atoms with Crippen LogP contribution in [0.1, 0.15) is 30.6 Å². The van der Waals surface area contributed by atoms with Gasteiger partial charge in [-0.15, -0.1) is 0 Å². The molecule has 0 saturated carbocycles. The summed E-state index contributed by atoms with van der Waals surface area (Å²) in [4.78, 5) is 22.9. The molecule has 0 radical (unpaired) electrons. The van der Waals surface area contributed by atoms with E-state index in [4.69, 9.17) is 5.11 Å². The fraction of sp³-hybridized carbons (Fsp3) is 0.385. The molecular weight excluding hydrogens is 253 g/mol. The molecule has 0 aliphatic heterocycles. The van der Waals surface area contributed by atoms with Crippen molar-refractivity contribution in [2.45, 2.75) is 26.3 Å². The summed E-state index contributed by atoms with van der Waals surface area (Å²) in [7, 11) is 0. The van der Waals surface area contributed by atoms with Crippen molar-refractivity contribution in [3.8, 4) is 5.75 Å². The number of phenols is 1. The largest absolute Gasteiger partial charge is 0.507 e. The Kier molecular flexibility index (Phi) is 4.86. The number of hydrogen-bond donors (Lipinski definition) is 3. The Balaban J connectivity index is 2.91. The lowest BCUT2D eigenvalue weighted by atomic mass is 9.99. The Morgan fingerprint density at radius 2 is 2.05 bits per heavy atom. The maximum Gasteiger partial charge on any atom is 0.326 e. The Hall–Kier alpha value is -2.11. The van der Waals surface area contributed by atoms with Gasteiger partial charge in [0, 0.05) is 6.07 Å². The second-order valence-electron chi connectivity index (χ2n) is 4.34. The molecule has 2 atom stereocenters. The Labute approximate surface area is 110 Å². The third-order valence-electron chi connectivity index (χ3n) is 2.97. The monoisotopic (exact) mass is 269 g/mol. The summed E-state index contributed by atoms with van der Waals surface area (Å²) in [6, 6.07) is 1.87. The van der Waals surface area contributed by atoms with Gasteiger partial charge in [-0.2, -0.15) is 0 Å². The Morgan fingerprint density at radius 3 is 2.53 bits per heavy atom. The highest BCUT2D eigenvalue weighted by molar-refractivity contribution is 5.98. The van der Waals surface area contributed by atoms with Crippen LogP contribution in [-0.4, -0.2) is 28.1 Å². The molecule has 1 aromatic rings. The molecule has 0 fully saturated rings. The van der Waals surface area contributed by atoms with Crippen LogP contribution in [0, 0.1) is 11.7 Å². The molecule has 0 spiro atoms. The first-order valence-corrected chi connectivity index (χ1v) is 5.89. The summed E-state index contributed by atoms with van der Waals surface area (Å²) in [5, 5.41) is 20.8. The van der Waals surface area contributed by atoms with Crippen LogP contribution in [0.3, 0.4) is 0 Å². The van der Waals surface area contributed by atoms with Gasteiger partial charge in [0.05, 0.1) is 5.56 Å². The molecule has 0 bridgehead atoms. The minimum atomic E-state index is -1.15. The summed E-state index contributed by atoms with van der Waals surface area (Å²) >= 11 is 0. The number of carboxylic acids is 1. The van der Waals surface area contributed by atoms with Crippen molar-refractivity contribution in [2.75, 3.05) is 0 Å². The summed E-state index contributed by atoms with van der Waals surface area (Å²) in [6.45, 7) is 3.51. The molecule has 0 aromatic heterocycles. The average Bonchev–Trinajstić information content (AvgIpc) is 2.34. The minimum absolute atomic E-state index is 0.157. The number of rotatable bonds is 5. The first kappa shape index (κ1) is 14.9. The van der Waals surface area contributed by atoms with Crippen molar-refractivity contribution in [3.05, 3.63) is 29.6 Å². The van der Waals surface area contributed by atoms with Gasteiger partial charge in [-0.05, 0) is 18.1 Å². The van der Waals surface area contributed by atoms with Gasteiger partial charge in [-0.3, -0.25) is 4.79 Å². The van der Waals surface area contributed by atoms with Crippen LogP contribution in [0.2, 0.25) is 0 Å². The predicted molar refractivity (Wildman–Crippen MR) is 66.4 cm³/mol. The van der Waals surface area contributed by atoms with E-state index in [1.807, 2.05) is 6.92 Å². The van der Waals surface area contributed by atoms with E-state index in [-0.39, 0.29) is 11.5 Å². The number of carbonyl (C=O) groups excluding carboxylic acids is 1. The maximum absolute atomic E-state index is 12.8. The van der Waals surface area contributed by atoms with Crippen LogP contribution in [0.4, 0.5) is 4.39 Å². The van der Waals surface area contributed by atoms with Crippen LogP contribution >= 0.6 is 0 Å². The van der Waals surface area contributed by atoms with Crippen molar-refractivity contribution >= 4 is 11.9 Å². The number of carboxylic acid groups (broad SMARTS) is 1. The molecule has 3 N–H and O–H groups in total. The molecule has 0 saturated heterocycles. The number of aromatic hydroxyl groups is 1. The fourth-order valence-electron chi connectivity index (χ4n) is 1.60. The smallest absolute Gasteiger partial charge is 0.326 e. The van der Waals surface area contributed by atoms with Crippen molar-refractivity contribution in [3.63, 3.8) is 0 Å². The molecule has 6 heteroatoms. The van der Waals surface area contributed by atoms with Crippen molar-refractivity contribution in [2.24, 2.45) is 5.92 Å². The minimum Gasteiger partial charge on any atom is -0.507 e. The van der Waals surface area contributed by atoms with Crippen LogP contribution in [0.15, 0.2) is 18.2 Å². The third kappa shape index (κ3) is 3.67. The van der Waals surface area contributed by atoms with Crippen molar-refractivity contribution in [1.82, 2.24) is 5.32 Å². The molecule has 1 rings (SSSR count). The lowest BCUT2D eigenvalue weighted by Gasteiger charge is -2.20. The molecule has 104 valence electrons. The second kappa shape index (κ2) is 6.17. The highest BCUT2D eigenvalue weighted by Gasteiger charge is 2.26. The van der Waals surface area contributed by atoms with Gasteiger partial charge in [0.25, 0.3) is 5.91 Å². The van der Waals surface area contributed by atoms with Crippen molar-refractivity contribution < 1.29 is 24.2 Å². The zero-order chi connectivity index (χ0) is 14.6. The van der Waals surface area contributed by atoms with Gasteiger partial charge in [-0.1, -0.05) is 20.3 Å². The molecule has 19 heavy (non-hydrogen) atoms. The number of amides is 1. The Morgan fingerprint density at radius 1 is 1.42 bits per heavy atom. The molecule has 1 aromatic carbocycles. The molecule has 1 amide bonds. The number of benzene rings is 1. The third-order valence-corrected chi connectivity index (χ3v) is 2.97. The first-order valence-electron chi connectivity index (χ1n) is 5.89. The average molecular weight is 269 g/mol. The Bertz CT molecular complexity index is 490. The van der Waals surface area contributed by atoms with Gasteiger partial charge >= 0.3 is 5.97 Å². The van der Waals surface area contributed by atoms with E-state index in [0.29, 0.717) is 6.42 Å². The lowest BCUT2D eigenvalue weighted by molar-refractivity contribution is -0.140. The summed E-state index contributed by atoms with van der Waals surface area (Å²) in [5.41, 5.74) is -0.157. The van der Waals surface area contributed by atoms with Crippen LogP contribution < -0.4 is 5.32 Å². The summed E-state index contributed by atoms with van der Waals surface area (Å²) < 4.78 is 12.8. The first-order chi connectivity index (χ1) is 8.86. The van der Waals surface area contributed by atoms with Crippen LogP contribution in [0.5, 0.6) is 5.75 Å². The van der Waals surface area contributed by atoms with Crippen LogP contribution in [0.25, 0.3) is 0 Å². The zero-order valence-electron chi connectivity index (χ0n) is 10.7. The van der Waals surface area contributed by atoms with Gasteiger partial charge in [0.1, 0.15) is 17.6 Å². The SMILES string of the molecule is CC[C@H](C)[C@H](NC(=O)c1ccc(F)cc1O)C(=O)O. The number of hydrogen-bond acceptors (Lipinski definition) is 3. The molecule has 0 aliphatic rings. The molecule has 5 nitrogen and oxygen atoms in total. The zero-order valence-corrected chi connectivity index (χ0v) is 10.7. The van der Waals surface area contributed by atoms with E-state index in [2.05, 4.69) is 5.32 Å². The van der Waals surface area contributed by atoms with E-state index in [1.165, 1.54) is 0 Å². The maximum atomic E-state index is 12.8. The lowest BCUT2D eigenvalue weighted by Crippen LogP contribution is -2.45. The van der Waals surface area contributed by atoms with Crippen LogP contribution in [-0.2, 0) is 4.79 Å². The van der Waals surface area contributed by atoms with E-state index < -0.39 is 29.5 Å². The number of aliphatic carboxylic acids is 1. The van der Waals surface area contributed by atoms with Crippen molar-refractivity contribution in [1.29, 1.82) is 0 Å². The highest BCUT2D eigenvalue weighted by atomic mass is 19.1. The topological polar surface area (TPSA) is 86.6 Å². The van der Waals surface area contributed by atoms with Gasteiger partial charge in [-0.25, -0.2) is 9.18 Å². The van der Waals surface area contributed by atoms with Gasteiger partial charge < -0.3 is 15.5 Å². The summed E-state index contributed by atoms with van der Waals surface area (Å²) in [5.74, 6) is -3.35. The molecule has 0 unspecified atom stereocenters. The van der Waals surface area contributed by atoms with Gasteiger partial charge in [0.15, 0.2) is 0 Å². The number of carbonyl (C=O) groups is 2. The quantitative estimate of drug-likeness (QED) is 0.760. The highest BCUT2D eigenvalue weighted by Crippen LogP contribution is 2.18. The number of halogens is 1. The van der Waals surface area contributed by atoms with E-state index in [9.17, 15) is 19.1 Å². The normalized spacial score (nSPS) is 13.6. The number of nitrogens with one attached hydrogen (secondary N) is 1. The van der Waals surface area contributed by atoms with Gasteiger partial charge in [0.2, 0.25) is 0 Å². The van der Waals surface area contributed by atoms with E-state index in [0.717, 1.165) is 18.2 Å². The second-order valence-corrected chi connectivity index (χ2v) is 4.34. The number of phenolic OH excluding ortho intramolecular Hbond substituents is 1. The standard InChI is InChI=1S/C13H16FNO4/c1-3-7(2)11(13(18)19)15-12(17)9-5-4-8(14)6-10(9)16/h4-7,11,16H,3H2,1-2H3,(H,15,17)(H,18,19)/t7-,11-/m0/s1. The van der Waals surface area contributed by atoms with E-state index >= 15 is 0 Å². The molecule has 0 heterocycles. The predicted octanol–water partition coefficient (Wildman–Crippen LogP) is 1.76.